The van der Waals surface area contributed by atoms with Crippen molar-refractivity contribution in [3.8, 4) is 0 Å². The third kappa shape index (κ3) is 4.12. The van der Waals surface area contributed by atoms with Crippen LogP contribution in [0, 0.1) is 0 Å². The van der Waals surface area contributed by atoms with Gasteiger partial charge in [-0.2, -0.15) is 4.98 Å². The molecule has 23 heavy (non-hydrogen) atoms. The Morgan fingerprint density at radius 1 is 1.35 bits per heavy atom. The quantitative estimate of drug-likeness (QED) is 0.809. The zero-order chi connectivity index (χ0) is 16.4. The molecule has 0 bridgehead atoms. The Morgan fingerprint density at radius 3 is 2.91 bits per heavy atom. The van der Waals surface area contributed by atoms with Crippen molar-refractivity contribution >= 4 is 23.1 Å². The molecule has 0 spiro atoms. The van der Waals surface area contributed by atoms with E-state index >= 15 is 0 Å². The van der Waals surface area contributed by atoms with Crippen LogP contribution >= 0.6 is 0 Å². The smallest absolute Gasteiger partial charge is 0.407 e. The average Bonchev–Trinajstić information content (AvgIpc) is 3.05. The molecule has 2 aromatic heterocycles. The van der Waals surface area contributed by atoms with Crippen molar-refractivity contribution in [3.63, 3.8) is 0 Å². The number of nitrogens with zero attached hydrogens (tertiary/aromatic N) is 2. The number of hydrogen-bond donors (Lipinski definition) is 3. The summed E-state index contributed by atoms with van der Waals surface area (Å²) in [6, 6.07) is 2.31. The molecule has 0 unspecified atom stereocenters. The lowest BCUT2D eigenvalue weighted by Gasteiger charge is -2.21. The van der Waals surface area contributed by atoms with Gasteiger partial charge in [0, 0.05) is 29.9 Å². The molecule has 1 amide bonds. The van der Waals surface area contributed by atoms with Crippen LogP contribution in [0.2, 0.25) is 0 Å². The topological polar surface area (TPSA) is 91.9 Å². The van der Waals surface area contributed by atoms with Gasteiger partial charge in [0.2, 0.25) is 5.95 Å². The Kier molecular flexibility index (Phi) is 4.11. The Balaban J connectivity index is 1.52. The SMILES string of the molecule is CC(C)(C)OC(=O)N[C@H]1CC[C@H](Nc2ncc3cc[nH]c3n2)C1. The molecule has 3 N–H and O–H groups in total. The maximum atomic E-state index is 11.8. The summed E-state index contributed by atoms with van der Waals surface area (Å²) < 4.78 is 5.29. The predicted molar refractivity (Wildman–Crippen MR) is 88.3 cm³/mol. The minimum atomic E-state index is -0.473. The number of nitrogens with one attached hydrogen (secondary N) is 3. The lowest BCUT2D eigenvalue weighted by atomic mass is 10.2. The normalized spacial score (nSPS) is 21.3. The molecule has 1 fully saturated rings. The molecule has 2 aromatic rings. The Bertz CT molecular complexity index is 691. The lowest BCUT2D eigenvalue weighted by Crippen LogP contribution is -2.38. The van der Waals surface area contributed by atoms with Crippen LogP contribution in [-0.4, -0.2) is 38.7 Å². The highest BCUT2D eigenvalue weighted by atomic mass is 16.6. The summed E-state index contributed by atoms with van der Waals surface area (Å²) in [5.74, 6) is 0.614. The largest absolute Gasteiger partial charge is 0.444 e. The first-order valence-electron chi connectivity index (χ1n) is 7.95. The number of rotatable bonds is 3. The Labute approximate surface area is 135 Å². The van der Waals surface area contributed by atoms with Crippen LogP contribution in [0.1, 0.15) is 40.0 Å². The van der Waals surface area contributed by atoms with Gasteiger partial charge < -0.3 is 20.4 Å². The molecule has 1 saturated carbocycles. The van der Waals surface area contributed by atoms with E-state index in [4.69, 9.17) is 4.74 Å². The highest BCUT2D eigenvalue weighted by Gasteiger charge is 2.28. The van der Waals surface area contributed by atoms with Crippen molar-refractivity contribution in [1.82, 2.24) is 20.3 Å². The van der Waals surface area contributed by atoms with Crippen molar-refractivity contribution in [1.29, 1.82) is 0 Å². The second kappa shape index (κ2) is 6.06. The second-order valence-corrected chi connectivity index (χ2v) is 6.97. The van der Waals surface area contributed by atoms with Gasteiger partial charge in [0.15, 0.2) is 0 Å². The van der Waals surface area contributed by atoms with Gasteiger partial charge in [-0.15, -0.1) is 0 Å². The molecule has 1 aliphatic rings. The number of H-pyrrole nitrogens is 1. The average molecular weight is 317 g/mol. The van der Waals surface area contributed by atoms with Crippen LogP contribution in [0.5, 0.6) is 0 Å². The number of alkyl carbamates (subject to hydrolysis) is 1. The van der Waals surface area contributed by atoms with E-state index in [1.165, 1.54) is 0 Å². The van der Waals surface area contributed by atoms with E-state index in [1.54, 1.807) is 6.20 Å². The molecule has 7 nitrogen and oxygen atoms in total. The number of aromatic nitrogens is 3. The summed E-state index contributed by atoms with van der Waals surface area (Å²) in [6.45, 7) is 5.58. The number of fused-ring (bicyclic) bond motifs is 1. The molecule has 1 aliphatic carbocycles. The van der Waals surface area contributed by atoms with Crippen molar-refractivity contribution in [2.24, 2.45) is 0 Å². The first-order valence-corrected chi connectivity index (χ1v) is 7.95. The fourth-order valence-corrected chi connectivity index (χ4v) is 2.81. The summed E-state index contributed by atoms with van der Waals surface area (Å²) in [7, 11) is 0. The van der Waals surface area contributed by atoms with E-state index < -0.39 is 5.60 Å². The van der Waals surface area contributed by atoms with Crippen LogP contribution < -0.4 is 10.6 Å². The predicted octanol–water partition coefficient (Wildman–Crippen LogP) is 2.82. The van der Waals surface area contributed by atoms with Gasteiger partial charge in [-0.3, -0.25) is 0 Å². The molecule has 0 aromatic carbocycles. The van der Waals surface area contributed by atoms with Crippen molar-refractivity contribution in [2.45, 2.75) is 57.7 Å². The van der Waals surface area contributed by atoms with Crippen LogP contribution in [0.4, 0.5) is 10.7 Å². The summed E-state index contributed by atoms with van der Waals surface area (Å²) in [5, 5.41) is 7.26. The van der Waals surface area contributed by atoms with Crippen molar-refractivity contribution < 1.29 is 9.53 Å². The monoisotopic (exact) mass is 317 g/mol. The van der Waals surface area contributed by atoms with Gasteiger partial charge in [-0.25, -0.2) is 9.78 Å². The highest BCUT2D eigenvalue weighted by Crippen LogP contribution is 2.23. The summed E-state index contributed by atoms with van der Waals surface area (Å²) in [4.78, 5) is 23.7. The van der Waals surface area contributed by atoms with E-state index in [0.717, 1.165) is 30.3 Å². The maximum Gasteiger partial charge on any atom is 0.407 e. The zero-order valence-corrected chi connectivity index (χ0v) is 13.7. The maximum absolute atomic E-state index is 11.8. The molecule has 0 radical (unpaired) electrons. The van der Waals surface area contributed by atoms with Crippen molar-refractivity contribution in [3.05, 3.63) is 18.5 Å². The van der Waals surface area contributed by atoms with E-state index in [-0.39, 0.29) is 18.2 Å². The van der Waals surface area contributed by atoms with Gasteiger partial charge in [-0.1, -0.05) is 0 Å². The molecule has 7 heteroatoms. The van der Waals surface area contributed by atoms with Gasteiger partial charge in [-0.05, 0) is 46.1 Å². The zero-order valence-electron chi connectivity index (χ0n) is 13.7. The summed E-state index contributed by atoms with van der Waals surface area (Å²) in [5.41, 5.74) is 0.350. The number of carbonyl (C=O) groups is 1. The number of anilines is 1. The van der Waals surface area contributed by atoms with Crippen LogP contribution in [0.3, 0.4) is 0 Å². The van der Waals surface area contributed by atoms with Gasteiger partial charge >= 0.3 is 6.09 Å². The van der Waals surface area contributed by atoms with Crippen LogP contribution in [0.25, 0.3) is 11.0 Å². The molecular weight excluding hydrogens is 294 g/mol. The molecule has 124 valence electrons. The Hall–Kier alpha value is -2.31. The van der Waals surface area contributed by atoms with E-state index in [2.05, 4.69) is 25.6 Å². The third-order valence-corrected chi connectivity index (χ3v) is 3.79. The number of carbonyl (C=O) groups excluding carboxylic acids is 1. The first-order chi connectivity index (χ1) is 10.9. The standard InChI is InChI=1S/C16H23N5O2/c1-16(2,3)23-15(22)20-12-5-4-11(8-12)19-14-18-9-10-6-7-17-13(10)21-14/h6-7,9,11-12H,4-5,8H2,1-3H3,(H,20,22)(H2,17,18,19,21)/t11-,12-/m0/s1. The summed E-state index contributed by atoms with van der Waals surface area (Å²) >= 11 is 0. The fraction of sp³-hybridized carbons (Fsp3) is 0.562. The minimum absolute atomic E-state index is 0.122. The number of amides is 1. The molecule has 3 rings (SSSR count). The van der Waals surface area contributed by atoms with Crippen molar-refractivity contribution in [2.75, 3.05) is 5.32 Å². The first kappa shape index (κ1) is 15.6. The molecular formula is C16H23N5O2. The number of aromatic amines is 1. The van der Waals surface area contributed by atoms with Crippen LogP contribution in [-0.2, 0) is 4.74 Å². The molecule has 2 atom stereocenters. The number of ether oxygens (including phenoxy) is 1. The molecule has 2 heterocycles. The van der Waals surface area contributed by atoms with E-state index in [0.29, 0.717) is 5.95 Å². The summed E-state index contributed by atoms with van der Waals surface area (Å²) in [6.07, 6.45) is 6.01. The fourth-order valence-electron chi connectivity index (χ4n) is 2.81. The third-order valence-electron chi connectivity index (χ3n) is 3.79. The second-order valence-electron chi connectivity index (χ2n) is 6.97. The lowest BCUT2D eigenvalue weighted by molar-refractivity contribution is 0.0505. The minimum Gasteiger partial charge on any atom is -0.444 e. The van der Waals surface area contributed by atoms with Gasteiger partial charge in [0.05, 0.1) is 0 Å². The highest BCUT2D eigenvalue weighted by molar-refractivity contribution is 5.75. The van der Waals surface area contributed by atoms with Gasteiger partial charge in [0.1, 0.15) is 11.2 Å². The van der Waals surface area contributed by atoms with E-state index in [9.17, 15) is 4.79 Å². The van der Waals surface area contributed by atoms with E-state index in [1.807, 2.05) is 33.0 Å². The Morgan fingerprint density at radius 2 is 2.13 bits per heavy atom. The molecule has 0 saturated heterocycles. The van der Waals surface area contributed by atoms with Gasteiger partial charge in [0.25, 0.3) is 0 Å². The number of hydrogen-bond acceptors (Lipinski definition) is 5. The molecule has 0 aliphatic heterocycles. The van der Waals surface area contributed by atoms with Crippen LogP contribution in [0.15, 0.2) is 18.5 Å².